The number of anilines is 1. The van der Waals surface area contributed by atoms with Gasteiger partial charge in [-0.2, -0.15) is 4.98 Å². The van der Waals surface area contributed by atoms with E-state index < -0.39 is 0 Å². The van der Waals surface area contributed by atoms with Crippen molar-refractivity contribution in [1.82, 2.24) is 14.9 Å². The number of likely N-dealkylation sites (N-methyl/N-ethyl adjacent to an activating group) is 1. The Kier molecular flexibility index (Phi) is 4.54. The number of nitrogens with zero attached hydrogens (tertiary/aromatic N) is 3. The molecule has 0 spiro atoms. The average molecular weight is 232 g/mol. The molecule has 0 fully saturated rings. The lowest BCUT2D eigenvalue weighted by Crippen LogP contribution is -2.20. The van der Waals surface area contributed by atoms with E-state index in [9.17, 15) is 0 Å². The average Bonchev–Trinajstić information content (AvgIpc) is 2.20. The van der Waals surface area contributed by atoms with E-state index in [1.165, 1.54) is 6.20 Å². The molecule has 0 unspecified atom stereocenters. The van der Waals surface area contributed by atoms with Gasteiger partial charge in [-0.1, -0.05) is 11.6 Å². The molecule has 0 aliphatic heterocycles. The van der Waals surface area contributed by atoms with Gasteiger partial charge >= 0.3 is 0 Å². The fourth-order valence-corrected chi connectivity index (χ4v) is 0.993. The number of halogens is 1. The topological polar surface area (TPSA) is 76.3 Å². The summed E-state index contributed by atoms with van der Waals surface area (Å²) >= 11 is 5.84. The summed E-state index contributed by atoms with van der Waals surface area (Å²) in [6.07, 6.45) is 1.44. The van der Waals surface area contributed by atoms with Crippen LogP contribution in [-0.2, 0) is 0 Å². The minimum atomic E-state index is 0.277. The fourth-order valence-electron chi connectivity index (χ4n) is 0.847. The summed E-state index contributed by atoms with van der Waals surface area (Å²) in [5.74, 6) is 5.78. The van der Waals surface area contributed by atoms with E-state index in [0.717, 1.165) is 6.54 Å². The smallest absolute Gasteiger partial charge is 0.240 e. The summed E-state index contributed by atoms with van der Waals surface area (Å²) in [7, 11) is 3.91. The highest BCUT2D eigenvalue weighted by molar-refractivity contribution is 6.31. The molecule has 0 aromatic carbocycles. The Morgan fingerprint density at radius 3 is 2.93 bits per heavy atom. The molecular formula is C8H14ClN5O. The van der Waals surface area contributed by atoms with Gasteiger partial charge in [0, 0.05) is 6.54 Å². The molecule has 0 aliphatic rings. The quantitative estimate of drug-likeness (QED) is 0.563. The lowest BCUT2D eigenvalue weighted by atomic mass is 10.6. The van der Waals surface area contributed by atoms with Crippen molar-refractivity contribution in [2.24, 2.45) is 5.84 Å². The molecule has 0 saturated heterocycles. The Balaban J connectivity index is 2.59. The van der Waals surface area contributed by atoms with Gasteiger partial charge in [0.15, 0.2) is 0 Å². The summed E-state index contributed by atoms with van der Waals surface area (Å²) in [6.45, 7) is 1.29. The molecule has 0 radical (unpaired) electrons. The second-order valence-corrected chi connectivity index (χ2v) is 3.55. The van der Waals surface area contributed by atoms with Gasteiger partial charge < -0.3 is 9.64 Å². The molecule has 6 nitrogen and oxygen atoms in total. The van der Waals surface area contributed by atoms with Crippen molar-refractivity contribution >= 4 is 17.5 Å². The number of rotatable bonds is 5. The molecule has 1 aromatic heterocycles. The third-order valence-corrected chi connectivity index (χ3v) is 1.88. The molecular weight excluding hydrogens is 218 g/mol. The van der Waals surface area contributed by atoms with Crippen LogP contribution in [0.5, 0.6) is 5.88 Å². The van der Waals surface area contributed by atoms with Gasteiger partial charge in [-0.3, -0.25) is 5.43 Å². The number of nitrogens with two attached hydrogens (primary N) is 1. The van der Waals surface area contributed by atoms with Crippen LogP contribution in [0.2, 0.25) is 5.02 Å². The maximum atomic E-state index is 5.84. The van der Waals surface area contributed by atoms with E-state index in [1.54, 1.807) is 0 Å². The highest BCUT2D eigenvalue weighted by Gasteiger charge is 2.05. The third-order valence-electron chi connectivity index (χ3n) is 1.62. The molecule has 0 atom stereocenters. The molecule has 0 saturated carbocycles. The first kappa shape index (κ1) is 12.0. The van der Waals surface area contributed by atoms with Crippen LogP contribution in [0.25, 0.3) is 0 Å². The largest absolute Gasteiger partial charge is 0.475 e. The van der Waals surface area contributed by atoms with Gasteiger partial charge in [0.2, 0.25) is 11.8 Å². The molecule has 1 heterocycles. The first-order valence-corrected chi connectivity index (χ1v) is 4.78. The number of nitrogen functional groups attached to an aromatic ring is 1. The summed E-state index contributed by atoms with van der Waals surface area (Å²) < 4.78 is 5.37. The standard InChI is InChI=1S/C8H14ClN5O/c1-14(2)3-4-15-7-6(9)5-11-8(12-7)13-10/h5H,3-4,10H2,1-2H3,(H,11,12,13). The molecule has 0 bridgehead atoms. The van der Waals surface area contributed by atoms with E-state index in [4.69, 9.17) is 22.2 Å². The van der Waals surface area contributed by atoms with Crippen molar-refractivity contribution in [3.63, 3.8) is 0 Å². The lowest BCUT2D eigenvalue weighted by Gasteiger charge is -2.11. The molecule has 3 N–H and O–H groups in total. The zero-order valence-electron chi connectivity index (χ0n) is 8.70. The van der Waals surface area contributed by atoms with Crippen molar-refractivity contribution in [1.29, 1.82) is 0 Å². The van der Waals surface area contributed by atoms with Crippen molar-refractivity contribution in [3.8, 4) is 5.88 Å². The maximum absolute atomic E-state index is 5.84. The van der Waals surface area contributed by atoms with E-state index in [0.29, 0.717) is 17.5 Å². The zero-order valence-corrected chi connectivity index (χ0v) is 9.45. The van der Waals surface area contributed by atoms with Crippen molar-refractivity contribution in [3.05, 3.63) is 11.2 Å². The van der Waals surface area contributed by atoms with Crippen molar-refractivity contribution in [2.45, 2.75) is 0 Å². The van der Waals surface area contributed by atoms with Gasteiger partial charge in [-0.25, -0.2) is 10.8 Å². The van der Waals surface area contributed by atoms with Crippen LogP contribution in [0.15, 0.2) is 6.20 Å². The van der Waals surface area contributed by atoms with Gasteiger partial charge in [-0.05, 0) is 14.1 Å². The van der Waals surface area contributed by atoms with Crippen LogP contribution < -0.4 is 16.0 Å². The zero-order chi connectivity index (χ0) is 11.3. The van der Waals surface area contributed by atoms with Crippen LogP contribution in [0.4, 0.5) is 5.95 Å². The highest BCUT2D eigenvalue weighted by atomic mass is 35.5. The van der Waals surface area contributed by atoms with Gasteiger partial charge in [0.25, 0.3) is 0 Å². The predicted molar refractivity (Wildman–Crippen MR) is 58.9 cm³/mol. The monoisotopic (exact) mass is 231 g/mol. The number of aromatic nitrogens is 2. The lowest BCUT2D eigenvalue weighted by molar-refractivity contribution is 0.254. The second-order valence-electron chi connectivity index (χ2n) is 3.14. The number of nitrogens with one attached hydrogen (secondary N) is 1. The van der Waals surface area contributed by atoms with Crippen LogP contribution in [-0.4, -0.2) is 42.1 Å². The summed E-state index contributed by atoms with van der Waals surface area (Å²) in [6, 6.07) is 0. The summed E-state index contributed by atoms with van der Waals surface area (Å²) in [5, 5.41) is 0.368. The molecule has 1 rings (SSSR count). The van der Waals surface area contributed by atoms with E-state index in [-0.39, 0.29) is 5.95 Å². The minimum Gasteiger partial charge on any atom is -0.475 e. The Morgan fingerprint density at radius 2 is 2.33 bits per heavy atom. The molecule has 1 aromatic rings. The number of hydrogen-bond donors (Lipinski definition) is 2. The molecule has 15 heavy (non-hydrogen) atoms. The number of hydrazine groups is 1. The molecule has 84 valence electrons. The summed E-state index contributed by atoms with van der Waals surface area (Å²) in [4.78, 5) is 9.80. The highest BCUT2D eigenvalue weighted by Crippen LogP contribution is 2.21. The first-order chi connectivity index (χ1) is 7.13. The number of ether oxygens (including phenoxy) is 1. The summed E-state index contributed by atoms with van der Waals surface area (Å²) in [5.41, 5.74) is 2.32. The van der Waals surface area contributed by atoms with Crippen molar-refractivity contribution < 1.29 is 4.74 Å². The molecule has 0 aliphatic carbocycles. The predicted octanol–water partition coefficient (Wildman–Crippen LogP) is 0.356. The van der Waals surface area contributed by atoms with Crippen LogP contribution >= 0.6 is 11.6 Å². The van der Waals surface area contributed by atoms with Crippen LogP contribution in [0.3, 0.4) is 0 Å². The number of hydrogen-bond acceptors (Lipinski definition) is 6. The van der Waals surface area contributed by atoms with Crippen LogP contribution in [0.1, 0.15) is 0 Å². The Morgan fingerprint density at radius 1 is 1.60 bits per heavy atom. The normalized spacial score (nSPS) is 10.5. The van der Waals surface area contributed by atoms with Gasteiger partial charge in [-0.15, -0.1) is 0 Å². The maximum Gasteiger partial charge on any atom is 0.240 e. The van der Waals surface area contributed by atoms with E-state index in [2.05, 4.69) is 15.4 Å². The SMILES string of the molecule is CN(C)CCOc1nc(NN)ncc1Cl. The molecule has 0 amide bonds. The van der Waals surface area contributed by atoms with Crippen LogP contribution in [0, 0.1) is 0 Å². The van der Waals surface area contributed by atoms with Gasteiger partial charge in [0.05, 0.1) is 6.20 Å². The van der Waals surface area contributed by atoms with E-state index >= 15 is 0 Å². The fraction of sp³-hybridized carbons (Fsp3) is 0.500. The molecule has 7 heteroatoms. The second kappa shape index (κ2) is 5.69. The Bertz CT molecular complexity index is 320. The van der Waals surface area contributed by atoms with Crippen molar-refractivity contribution in [2.75, 3.05) is 32.7 Å². The van der Waals surface area contributed by atoms with E-state index in [1.807, 2.05) is 19.0 Å². The Labute approximate surface area is 93.4 Å². The Hall–Kier alpha value is -1.11. The third kappa shape index (κ3) is 3.86. The van der Waals surface area contributed by atoms with Gasteiger partial charge in [0.1, 0.15) is 11.6 Å². The first-order valence-electron chi connectivity index (χ1n) is 4.40. The minimum absolute atomic E-state index is 0.277.